The van der Waals surface area contributed by atoms with Gasteiger partial charge in [-0.2, -0.15) is 0 Å². The minimum absolute atomic E-state index is 0.269. The van der Waals surface area contributed by atoms with E-state index in [0.29, 0.717) is 6.04 Å². The average molecular weight is 286 g/mol. The molecule has 114 valence electrons. The lowest BCUT2D eigenvalue weighted by atomic mass is 10.0. The first-order valence-electron chi connectivity index (χ1n) is 7.88. The fraction of sp³-hybridized carbons (Fsp3) is 0.500. The van der Waals surface area contributed by atoms with E-state index in [-0.39, 0.29) is 6.10 Å². The van der Waals surface area contributed by atoms with Crippen molar-refractivity contribution in [2.24, 2.45) is 0 Å². The van der Waals surface area contributed by atoms with Crippen LogP contribution in [0.2, 0.25) is 0 Å². The number of aromatic nitrogens is 1. The molecular weight excluding hydrogens is 260 g/mol. The quantitative estimate of drug-likeness (QED) is 0.805. The molecule has 0 saturated carbocycles. The molecule has 0 spiro atoms. The lowest BCUT2D eigenvalue weighted by molar-refractivity contribution is 0.0613. The van der Waals surface area contributed by atoms with Gasteiger partial charge in [-0.05, 0) is 50.9 Å². The van der Waals surface area contributed by atoms with Crippen LogP contribution in [-0.2, 0) is 11.2 Å². The Kier molecular flexibility index (Phi) is 6.15. The molecule has 0 fully saturated rings. The SMILES string of the molecule is CCCNC(COC(C)C)Cc1ccnc2ccccc12. The highest BCUT2D eigenvalue weighted by atomic mass is 16.5. The molecule has 0 aliphatic heterocycles. The molecule has 0 amide bonds. The maximum atomic E-state index is 5.81. The summed E-state index contributed by atoms with van der Waals surface area (Å²) in [5.41, 5.74) is 2.40. The van der Waals surface area contributed by atoms with Crippen molar-refractivity contribution in [3.8, 4) is 0 Å². The molecule has 1 aromatic carbocycles. The predicted molar refractivity (Wildman–Crippen MR) is 88.6 cm³/mol. The second-order valence-corrected chi connectivity index (χ2v) is 5.72. The summed E-state index contributed by atoms with van der Waals surface area (Å²) in [5.74, 6) is 0. The van der Waals surface area contributed by atoms with Gasteiger partial charge in [0.2, 0.25) is 0 Å². The van der Waals surface area contributed by atoms with E-state index >= 15 is 0 Å². The zero-order chi connectivity index (χ0) is 15.1. The van der Waals surface area contributed by atoms with Crippen molar-refractivity contribution in [3.05, 3.63) is 42.1 Å². The minimum atomic E-state index is 0.269. The molecule has 1 N–H and O–H groups in total. The third-order valence-corrected chi connectivity index (χ3v) is 3.52. The number of nitrogens with one attached hydrogen (secondary N) is 1. The van der Waals surface area contributed by atoms with Gasteiger partial charge in [0.05, 0.1) is 18.2 Å². The van der Waals surface area contributed by atoms with Crippen LogP contribution in [0.5, 0.6) is 0 Å². The van der Waals surface area contributed by atoms with Gasteiger partial charge in [-0.3, -0.25) is 4.98 Å². The van der Waals surface area contributed by atoms with E-state index in [2.05, 4.69) is 55.3 Å². The first kappa shape index (κ1) is 15.9. The average Bonchev–Trinajstić information content (AvgIpc) is 2.50. The van der Waals surface area contributed by atoms with Crippen molar-refractivity contribution in [2.75, 3.05) is 13.2 Å². The Hall–Kier alpha value is -1.45. The van der Waals surface area contributed by atoms with E-state index in [1.165, 1.54) is 10.9 Å². The zero-order valence-electron chi connectivity index (χ0n) is 13.3. The van der Waals surface area contributed by atoms with Gasteiger partial charge >= 0.3 is 0 Å². The van der Waals surface area contributed by atoms with E-state index in [4.69, 9.17) is 4.74 Å². The summed E-state index contributed by atoms with van der Waals surface area (Å²) in [7, 11) is 0. The monoisotopic (exact) mass is 286 g/mol. The molecule has 0 saturated heterocycles. The molecule has 1 aromatic heterocycles. The van der Waals surface area contributed by atoms with Gasteiger partial charge in [0.1, 0.15) is 0 Å². The molecule has 21 heavy (non-hydrogen) atoms. The molecule has 1 unspecified atom stereocenters. The summed E-state index contributed by atoms with van der Waals surface area (Å²) in [6.07, 6.45) is 4.27. The van der Waals surface area contributed by atoms with Crippen LogP contribution < -0.4 is 5.32 Å². The van der Waals surface area contributed by atoms with Crippen LogP contribution in [0.15, 0.2) is 36.5 Å². The molecule has 0 radical (unpaired) electrons. The zero-order valence-corrected chi connectivity index (χ0v) is 13.3. The van der Waals surface area contributed by atoms with Gasteiger partial charge in [0.25, 0.3) is 0 Å². The Bertz CT molecular complexity index is 548. The highest BCUT2D eigenvalue weighted by molar-refractivity contribution is 5.81. The van der Waals surface area contributed by atoms with Crippen LogP contribution in [0, 0.1) is 0 Å². The largest absolute Gasteiger partial charge is 0.377 e. The molecule has 0 bridgehead atoms. The van der Waals surface area contributed by atoms with Gasteiger partial charge < -0.3 is 10.1 Å². The molecule has 0 aliphatic rings. The summed E-state index contributed by atoms with van der Waals surface area (Å²) in [4.78, 5) is 4.43. The topological polar surface area (TPSA) is 34.1 Å². The van der Waals surface area contributed by atoms with Crippen LogP contribution in [0.25, 0.3) is 10.9 Å². The fourth-order valence-corrected chi connectivity index (χ4v) is 2.45. The molecule has 1 heterocycles. The molecule has 2 aromatic rings. The molecule has 3 nitrogen and oxygen atoms in total. The Morgan fingerprint density at radius 2 is 2.00 bits per heavy atom. The number of hydrogen-bond donors (Lipinski definition) is 1. The Labute approximate surface area is 127 Å². The van der Waals surface area contributed by atoms with Crippen molar-refractivity contribution in [3.63, 3.8) is 0 Å². The number of pyridine rings is 1. The van der Waals surface area contributed by atoms with Gasteiger partial charge in [0.15, 0.2) is 0 Å². The van der Waals surface area contributed by atoms with Crippen molar-refractivity contribution in [1.29, 1.82) is 0 Å². The van der Waals surface area contributed by atoms with Crippen LogP contribution in [-0.4, -0.2) is 30.3 Å². The third kappa shape index (κ3) is 4.80. The van der Waals surface area contributed by atoms with E-state index in [1.54, 1.807) is 0 Å². The Morgan fingerprint density at radius 3 is 2.76 bits per heavy atom. The number of para-hydroxylation sites is 1. The predicted octanol–water partition coefficient (Wildman–Crippen LogP) is 3.57. The first-order valence-corrected chi connectivity index (χ1v) is 7.88. The van der Waals surface area contributed by atoms with E-state index < -0.39 is 0 Å². The minimum Gasteiger partial charge on any atom is -0.377 e. The van der Waals surface area contributed by atoms with Gasteiger partial charge in [-0.15, -0.1) is 0 Å². The highest BCUT2D eigenvalue weighted by Crippen LogP contribution is 2.18. The second kappa shape index (κ2) is 8.11. The molecule has 3 heteroatoms. The fourth-order valence-electron chi connectivity index (χ4n) is 2.45. The summed E-state index contributed by atoms with van der Waals surface area (Å²) < 4.78 is 5.81. The smallest absolute Gasteiger partial charge is 0.0704 e. The Balaban J connectivity index is 2.13. The Morgan fingerprint density at radius 1 is 1.19 bits per heavy atom. The molecule has 1 atom stereocenters. The number of rotatable bonds is 8. The summed E-state index contributed by atoms with van der Waals surface area (Å²) >= 11 is 0. The maximum absolute atomic E-state index is 5.81. The van der Waals surface area contributed by atoms with Crippen LogP contribution in [0.3, 0.4) is 0 Å². The standard InChI is InChI=1S/C18H26N2O/c1-4-10-19-16(13-21-14(2)3)12-15-9-11-20-18-8-6-5-7-17(15)18/h5-9,11,14,16,19H,4,10,12-13H2,1-3H3. The van der Waals surface area contributed by atoms with Crippen molar-refractivity contribution < 1.29 is 4.74 Å². The van der Waals surface area contributed by atoms with Crippen LogP contribution >= 0.6 is 0 Å². The third-order valence-electron chi connectivity index (χ3n) is 3.52. The lowest BCUT2D eigenvalue weighted by Gasteiger charge is -2.21. The van der Waals surface area contributed by atoms with Gasteiger partial charge in [-0.1, -0.05) is 25.1 Å². The van der Waals surface area contributed by atoms with E-state index in [9.17, 15) is 0 Å². The first-order chi connectivity index (χ1) is 10.2. The highest BCUT2D eigenvalue weighted by Gasteiger charge is 2.12. The van der Waals surface area contributed by atoms with Crippen LogP contribution in [0.4, 0.5) is 0 Å². The number of hydrogen-bond acceptors (Lipinski definition) is 3. The second-order valence-electron chi connectivity index (χ2n) is 5.72. The summed E-state index contributed by atoms with van der Waals surface area (Å²) in [6.45, 7) is 8.12. The number of ether oxygens (including phenoxy) is 1. The summed E-state index contributed by atoms with van der Waals surface area (Å²) in [6, 6.07) is 10.8. The number of fused-ring (bicyclic) bond motifs is 1. The van der Waals surface area contributed by atoms with E-state index in [1.807, 2.05) is 12.3 Å². The van der Waals surface area contributed by atoms with Crippen LogP contribution in [0.1, 0.15) is 32.8 Å². The molecular formula is C18H26N2O. The maximum Gasteiger partial charge on any atom is 0.0704 e. The molecule has 2 rings (SSSR count). The lowest BCUT2D eigenvalue weighted by Crippen LogP contribution is -2.36. The normalized spacial score (nSPS) is 13.0. The van der Waals surface area contributed by atoms with E-state index in [0.717, 1.165) is 31.5 Å². The van der Waals surface area contributed by atoms with Crippen molar-refractivity contribution >= 4 is 10.9 Å². The van der Waals surface area contributed by atoms with Crippen molar-refractivity contribution in [1.82, 2.24) is 10.3 Å². The number of nitrogens with zero attached hydrogens (tertiary/aromatic N) is 1. The van der Waals surface area contributed by atoms with Gasteiger partial charge in [-0.25, -0.2) is 0 Å². The van der Waals surface area contributed by atoms with Crippen molar-refractivity contribution in [2.45, 2.75) is 45.8 Å². The number of benzene rings is 1. The summed E-state index contributed by atoms with van der Waals surface area (Å²) in [5, 5.41) is 4.84. The molecule has 0 aliphatic carbocycles. The van der Waals surface area contributed by atoms with Gasteiger partial charge in [0, 0.05) is 17.6 Å².